The van der Waals surface area contributed by atoms with Gasteiger partial charge in [-0.25, -0.2) is 21.1 Å². The van der Waals surface area contributed by atoms with Crippen LogP contribution in [-0.2, 0) is 34.4 Å². The van der Waals surface area contributed by atoms with Gasteiger partial charge in [0.1, 0.15) is 6.04 Å². The maximum Gasteiger partial charge on any atom is 0.324 e. The van der Waals surface area contributed by atoms with E-state index in [1.165, 1.54) is 69.6 Å². The van der Waals surface area contributed by atoms with E-state index in [4.69, 9.17) is 16.3 Å². The molecule has 0 aromatic heterocycles. The van der Waals surface area contributed by atoms with E-state index in [2.05, 4.69) is 10.0 Å². The molecule has 1 unspecified atom stereocenters. The highest BCUT2D eigenvalue weighted by atomic mass is 35.5. The molecule has 0 aliphatic heterocycles. The molecule has 13 heteroatoms. The molecule has 2 aromatic carbocycles. The minimum atomic E-state index is -4.01. The largest absolute Gasteiger partial charge is 0.454 e. The third kappa shape index (κ3) is 6.74. The summed E-state index contributed by atoms with van der Waals surface area (Å²) in [5.74, 6) is -1.70. The van der Waals surface area contributed by atoms with Gasteiger partial charge in [0.25, 0.3) is 5.91 Å². The van der Waals surface area contributed by atoms with Crippen molar-refractivity contribution in [2.45, 2.75) is 22.8 Å². The second-order valence-corrected chi connectivity index (χ2v) is 11.1. The molecule has 0 saturated heterocycles. The van der Waals surface area contributed by atoms with E-state index in [0.29, 0.717) is 5.02 Å². The van der Waals surface area contributed by atoms with Gasteiger partial charge in [-0.2, -0.15) is 4.72 Å². The molecule has 0 bridgehead atoms. The molecule has 2 N–H and O–H groups in total. The summed E-state index contributed by atoms with van der Waals surface area (Å²) < 4.78 is 57.0. The molecule has 0 spiro atoms. The van der Waals surface area contributed by atoms with Crippen LogP contribution in [0.15, 0.2) is 58.3 Å². The molecule has 0 fully saturated rings. The quantitative estimate of drug-likeness (QED) is 0.493. The van der Waals surface area contributed by atoms with Crippen LogP contribution in [0, 0.1) is 0 Å². The predicted octanol–water partition coefficient (Wildman–Crippen LogP) is 1.44. The Bertz CT molecular complexity index is 1200. The van der Waals surface area contributed by atoms with Crippen LogP contribution in [0.1, 0.15) is 6.92 Å². The van der Waals surface area contributed by atoms with Crippen molar-refractivity contribution in [3.63, 3.8) is 0 Å². The molecular formula is C19H22ClN3O7S2. The number of nitrogens with zero attached hydrogens (tertiary/aromatic N) is 1. The summed E-state index contributed by atoms with van der Waals surface area (Å²) in [6.07, 6.45) is 0. The number of nitrogens with one attached hydrogen (secondary N) is 2. The van der Waals surface area contributed by atoms with E-state index in [1.54, 1.807) is 0 Å². The van der Waals surface area contributed by atoms with Gasteiger partial charge in [0, 0.05) is 24.8 Å². The lowest BCUT2D eigenvalue weighted by Gasteiger charge is -2.14. The van der Waals surface area contributed by atoms with Crippen molar-refractivity contribution in [2.24, 2.45) is 0 Å². The SMILES string of the molecule is CC(NS(=O)(=O)c1ccc(Cl)cc1)C(=O)OCC(=O)Nc1cccc(S(=O)(=O)N(C)C)c1. The van der Waals surface area contributed by atoms with Crippen molar-refractivity contribution < 1.29 is 31.2 Å². The molecule has 1 atom stereocenters. The van der Waals surface area contributed by atoms with Gasteiger partial charge < -0.3 is 10.1 Å². The number of halogens is 1. The highest BCUT2D eigenvalue weighted by Gasteiger charge is 2.24. The molecule has 32 heavy (non-hydrogen) atoms. The Kier molecular flexibility index (Phi) is 8.37. The van der Waals surface area contributed by atoms with E-state index in [-0.39, 0.29) is 15.5 Å². The van der Waals surface area contributed by atoms with Crippen LogP contribution in [0.3, 0.4) is 0 Å². The number of sulfonamides is 2. The zero-order chi connectivity index (χ0) is 24.1. The molecule has 0 radical (unpaired) electrons. The van der Waals surface area contributed by atoms with Crippen LogP contribution < -0.4 is 10.0 Å². The summed E-state index contributed by atoms with van der Waals surface area (Å²) >= 11 is 5.73. The smallest absolute Gasteiger partial charge is 0.324 e. The molecule has 0 aliphatic rings. The number of ether oxygens (including phenoxy) is 1. The van der Waals surface area contributed by atoms with Crippen molar-refractivity contribution >= 4 is 49.2 Å². The Labute approximate surface area is 191 Å². The number of anilines is 1. The van der Waals surface area contributed by atoms with E-state index in [9.17, 15) is 26.4 Å². The normalized spacial score (nSPS) is 12.9. The number of benzene rings is 2. The number of carbonyl (C=O) groups is 2. The van der Waals surface area contributed by atoms with E-state index >= 15 is 0 Å². The van der Waals surface area contributed by atoms with Crippen molar-refractivity contribution in [1.29, 1.82) is 0 Å². The Morgan fingerprint density at radius 2 is 1.66 bits per heavy atom. The number of hydrogen-bond donors (Lipinski definition) is 2. The molecule has 10 nitrogen and oxygen atoms in total. The number of hydrogen-bond acceptors (Lipinski definition) is 7. The number of amides is 1. The van der Waals surface area contributed by atoms with E-state index in [0.717, 1.165) is 4.31 Å². The first-order valence-electron chi connectivity index (χ1n) is 9.10. The Balaban J connectivity index is 1.94. The number of esters is 1. The minimum Gasteiger partial charge on any atom is -0.454 e. The topological polar surface area (TPSA) is 139 Å². The molecule has 2 aromatic rings. The third-order valence-corrected chi connectivity index (χ3v) is 7.67. The predicted molar refractivity (Wildman–Crippen MR) is 118 cm³/mol. The first-order valence-corrected chi connectivity index (χ1v) is 12.4. The first-order chi connectivity index (χ1) is 14.8. The number of rotatable bonds is 9. The monoisotopic (exact) mass is 503 g/mol. The zero-order valence-corrected chi connectivity index (χ0v) is 19.8. The lowest BCUT2D eigenvalue weighted by atomic mass is 10.3. The Hall–Kier alpha value is -2.51. The molecular weight excluding hydrogens is 482 g/mol. The third-order valence-electron chi connectivity index (χ3n) is 4.05. The molecule has 174 valence electrons. The van der Waals surface area contributed by atoms with Crippen molar-refractivity contribution in [2.75, 3.05) is 26.0 Å². The maximum atomic E-state index is 12.3. The van der Waals surface area contributed by atoms with E-state index in [1.807, 2.05) is 0 Å². The molecule has 0 aliphatic carbocycles. The van der Waals surface area contributed by atoms with Crippen LogP contribution in [0.2, 0.25) is 5.02 Å². The van der Waals surface area contributed by atoms with Gasteiger partial charge in [-0.05, 0) is 49.4 Å². The summed E-state index contributed by atoms with van der Waals surface area (Å²) in [6, 6.07) is 9.63. The van der Waals surface area contributed by atoms with Crippen LogP contribution in [-0.4, -0.2) is 59.8 Å². The summed E-state index contributed by atoms with van der Waals surface area (Å²) in [7, 11) is -4.94. The Morgan fingerprint density at radius 1 is 1.03 bits per heavy atom. The van der Waals surface area contributed by atoms with Crippen molar-refractivity contribution in [1.82, 2.24) is 9.03 Å². The van der Waals surface area contributed by atoms with Crippen molar-refractivity contribution in [3.8, 4) is 0 Å². The standard InChI is InChI=1S/C19H22ClN3O7S2/c1-13(22-31(26,27)16-9-7-14(20)8-10-16)19(25)30-12-18(24)21-15-5-4-6-17(11-15)32(28,29)23(2)3/h4-11,13,22H,12H2,1-3H3,(H,21,24). The lowest BCUT2D eigenvalue weighted by molar-refractivity contribution is -0.148. The summed E-state index contributed by atoms with van der Waals surface area (Å²) in [5.41, 5.74) is 0.186. The van der Waals surface area contributed by atoms with Crippen LogP contribution in [0.5, 0.6) is 0 Å². The minimum absolute atomic E-state index is 0.0254. The Morgan fingerprint density at radius 3 is 2.25 bits per heavy atom. The van der Waals surface area contributed by atoms with Crippen molar-refractivity contribution in [3.05, 3.63) is 53.6 Å². The average molecular weight is 504 g/mol. The van der Waals surface area contributed by atoms with Gasteiger partial charge >= 0.3 is 5.97 Å². The van der Waals surface area contributed by atoms with Gasteiger partial charge in [-0.1, -0.05) is 17.7 Å². The molecule has 0 saturated carbocycles. The summed E-state index contributed by atoms with van der Waals surface area (Å²) in [5, 5.41) is 2.77. The van der Waals surface area contributed by atoms with Gasteiger partial charge in [0.05, 0.1) is 9.79 Å². The first kappa shape index (κ1) is 25.7. The highest BCUT2D eigenvalue weighted by Crippen LogP contribution is 2.18. The number of carbonyl (C=O) groups excluding carboxylic acids is 2. The second kappa shape index (κ2) is 10.4. The fourth-order valence-corrected chi connectivity index (χ4v) is 4.63. The second-order valence-electron chi connectivity index (χ2n) is 6.77. The van der Waals surface area contributed by atoms with Crippen LogP contribution in [0.25, 0.3) is 0 Å². The van der Waals surface area contributed by atoms with Gasteiger partial charge in [-0.15, -0.1) is 0 Å². The summed E-state index contributed by atoms with van der Waals surface area (Å²) in [6.45, 7) is 0.569. The average Bonchev–Trinajstić information content (AvgIpc) is 2.72. The fourth-order valence-electron chi connectivity index (χ4n) is 2.37. The molecule has 1 amide bonds. The zero-order valence-electron chi connectivity index (χ0n) is 17.4. The summed E-state index contributed by atoms with van der Waals surface area (Å²) in [4.78, 5) is 24.0. The molecule has 2 rings (SSSR count). The van der Waals surface area contributed by atoms with Crippen LogP contribution in [0.4, 0.5) is 5.69 Å². The highest BCUT2D eigenvalue weighted by molar-refractivity contribution is 7.89. The fraction of sp³-hybridized carbons (Fsp3) is 0.263. The van der Waals surface area contributed by atoms with Crippen LogP contribution >= 0.6 is 11.6 Å². The molecule has 0 heterocycles. The maximum absolute atomic E-state index is 12.3. The lowest BCUT2D eigenvalue weighted by Crippen LogP contribution is -2.40. The van der Waals surface area contributed by atoms with Gasteiger partial charge in [-0.3, -0.25) is 9.59 Å². The van der Waals surface area contributed by atoms with Gasteiger partial charge in [0.15, 0.2) is 6.61 Å². The van der Waals surface area contributed by atoms with E-state index < -0.39 is 44.6 Å². The van der Waals surface area contributed by atoms with Gasteiger partial charge in [0.2, 0.25) is 20.0 Å².